The van der Waals surface area contributed by atoms with Crippen LogP contribution in [0.15, 0.2) is 48.8 Å². The largest absolute Gasteiger partial charge is 0.416 e. The minimum Gasteiger partial charge on any atom is -0.377 e. The van der Waals surface area contributed by atoms with Crippen LogP contribution in [0.1, 0.15) is 46.8 Å². The summed E-state index contributed by atoms with van der Waals surface area (Å²) in [6.07, 6.45) is -7.56. The molecule has 1 aliphatic rings. The predicted molar refractivity (Wildman–Crippen MR) is 120 cm³/mol. The molecule has 2 aromatic carbocycles. The molecule has 3 unspecified atom stereocenters. The predicted octanol–water partition coefficient (Wildman–Crippen LogP) is 5.99. The number of H-pyrrole nitrogens is 1. The first-order valence-corrected chi connectivity index (χ1v) is 11.6. The molecule has 0 aliphatic heterocycles. The van der Waals surface area contributed by atoms with Gasteiger partial charge in [-0.05, 0) is 67.8 Å². The molecule has 1 saturated carbocycles. The van der Waals surface area contributed by atoms with Crippen molar-refractivity contribution in [2.45, 2.75) is 56.2 Å². The van der Waals surface area contributed by atoms with Crippen LogP contribution in [0.2, 0.25) is 0 Å². The Hall–Kier alpha value is -2.99. The van der Waals surface area contributed by atoms with E-state index in [1.807, 2.05) is 7.05 Å². The molecule has 1 fully saturated rings. The number of alkyl halides is 6. The number of likely N-dealkylation sites (N-methyl/N-ethyl adjacent to an activating group) is 1. The van der Waals surface area contributed by atoms with E-state index in [2.05, 4.69) is 20.1 Å². The van der Waals surface area contributed by atoms with Crippen LogP contribution >= 0.6 is 0 Å². The van der Waals surface area contributed by atoms with E-state index in [0.29, 0.717) is 18.8 Å². The van der Waals surface area contributed by atoms with E-state index in [-0.39, 0.29) is 42.7 Å². The van der Waals surface area contributed by atoms with Crippen LogP contribution in [0, 0.1) is 5.82 Å². The number of benzene rings is 2. The maximum absolute atomic E-state index is 13.6. The van der Waals surface area contributed by atoms with Crippen LogP contribution in [0.5, 0.6) is 0 Å². The van der Waals surface area contributed by atoms with E-state index in [4.69, 9.17) is 4.74 Å². The van der Waals surface area contributed by atoms with E-state index in [0.717, 1.165) is 24.1 Å². The average Bonchev–Trinajstić information content (AvgIpc) is 3.48. The minimum atomic E-state index is -4.91. The summed E-state index contributed by atoms with van der Waals surface area (Å²) in [5, 5.41) is 6.65. The number of rotatable bonds is 8. The highest BCUT2D eigenvalue weighted by atomic mass is 19.4. The molecule has 0 spiro atoms. The Bertz CT molecular complexity index is 1130. The molecule has 0 saturated heterocycles. The molecule has 3 atom stereocenters. The highest BCUT2D eigenvalue weighted by molar-refractivity contribution is 5.34. The van der Waals surface area contributed by atoms with Gasteiger partial charge in [0, 0.05) is 12.0 Å². The molecule has 0 radical (unpaired) electrons. The zero-order valence-electron chi connectivity index (χ0n) is 19.8. The second-order valence-corrected chi connectivity index (χ2v) is 9.14. The number of nitrogens with zero attached hydrogens (tertiary/aromatic N) is 3. The van der Waals surface area contributed by atoms with Crippen molar-refractivity contribution < 1.29 is 35.5 Å². The Kier molecular flexibility index (Phi) is 7.88. The van der Waals surface area contributed by atoms with E-state index < -0.39 is 29.3 Å². The fraction of sp³-hybridized carbons (Fsp3) is 0.440. The topological polar surface area (TPSA) is 54.0 Å². The number of hydrogen-bond acceptors (Lipinski definition) is 4. The highest BCUT2D eigenvalue weighted by Crippen LogP contribution is 2.40. The van der Waals surface area contributed by atoms with Crippen molar-refractivity contribution in [1.82, 2.24) is 20.1 Å². The molecule has 4 rings (SSSR count). The van der Waals surface area contributed by atoms with Gasteiger partial charge in [-0.15, -0.1) is 0 Å². The van der Waals surface area contributed by atoms with Crippen molar-refractivity contribution in [3.05, 3.63) is 82.7 Å². The number of nitrogens with one attached hydrogen (secondary N) is 1. The quantitative estimate of drug-likeness (QED) is 0.364. The molecule has 1 N–H and O–H groups in total. The SMILES string of the molecule is CN(Cc1ncn[nH]1)C1CCC(OCCc2cc(C(F)(F)F)cc(C(F)(F)F)c2)C1c1ccc(F)cc1. The summed E-state index contributed by atoms with van der Waals surface area (Å²) in [6.45, 7) is 0.402. The van der Waals surface area contributed by atoms with Gasteiger partial charge in [0.05, 0.1) is 30.4 Å². The Morgan fingerprint density at radius 2 is 1.62 bits per heavy atom. The van der Waals surface area contributed by atoms with Crippen LogP contribution in [-0.4, -0.2) is 45.9 Å². The van der Waals surface area contributed by atoms with Crippen molar-refractivity contribution in [3.63, 3.8) is 0 Å². The second kappa shape index (κ2) is 10.8. The third-order valence-corrected chi connectivity index (χ3v) is 6.62. The normalized spacial score (nSPS) is 20.6. The van der Waals surface area contributed by atoms with Gasteiger partial charge >= 0.3 is 12.4 Å². The molecular weight excluding hydrogens is 505 g/mol. The van der Waals surface area contributed by atoms with Gasteiger partial charge in [-0.2, -0.15) is 31.4 Å². The van der Waals surface area contributed by atoms with Gasteiger partial charge in [-0.25, -0.2) is 9.37 Å². The second-order valence-electron chi connectivity index (χ2n) is 9.14. The summed E-state index contributed by atoms with van der Waals surface area (Å²) >= 11 is 0. The van der Waals surface area contributed by atoms with Crippen LogP contribution in [-0.2, 0) is 30.1 Å². The average molecular weight is 530 g/mol. The van der Waals surface area contributed by atoms with Gasteiger partial charge in [0.2, 0.25) is 0 Å². The van der Waals surface area contributed by atoms with Crippen molar-refractivity contribution >= 4 is 0 Å². The molecule has 37 heavy (non-hydrogen) atoms. The van der Waals surface area contributed by atoms with Crippen molar-refractivity contribution in [3.8, 4) is 0 Å². The Morgan fingerprint density at radius 3 is 2.19 bits per heavy atom. The van der Waals surface area contributed by atoms with Gasteiger partial charge in [0.15, 0.2) is 0 Å². The van der Waals surface area contributed by atoms with Crippen molar-refractivity contribution in [1.29, 1.82) is 0 Å². The maximum Gasteiger partial charge on any atom is 0.416 e. The monoisotopic (exact) mass is 530 g/mol. The summed E-state index contributed by atoms with van der Waals surface area (Å²) in [7, 11) is 1.91. The standard InChI is InChI=1S/C25H25F7N4O/c1-36(13-22-33-14-34-35-22)20-6-7-21(23(20)16-2-4-19(26)5-3-16)37-9-8-15-10-17(24(27,28)29)12-18(11-15)25(30,31)32/h2-5,10-12,14,20-21,23H,6-9,13H2,1H3,(H,33,34,35). The third-order valence-electron chi connectivity index (χ3n) is 6.62. The molecule has 3 aromatic rings. The summed E-state index contributed by atoms with van der Waals surface area (Å²) in [4.78, 5) is 6.21. The Labute approximate surface area is 208 Å². The van der Waals surface area contributed by atoms with E-state index >= 15 is 0 Å². The number of aromatic nitrogens is 3. The van der Waals surface area contributed by atoms with Gasteiger partial charge < -0.3 is 4.74 Å². The first-order chi connectivity index (χ1) is 17.4. The van der Waals surface area contributed by atoms with E-state index in [1.165, 1.54) is 18.5 Å². The number of hydrogen-bond donors (Lipinski definition) is 1. The first kappa shape index (κ1) is 27.1. The van der Waals surface area contributed by atoms with Gasteiger partial charge in [-0.1, -0.05) is 12.1 Å². The number of aromatic amines is 1. The highest BCUT2D eigenvalue weighted by Gasteiger charge is 2.40. The first-order valence-electron chi connectivity index (χ1n) is 11.6. The molecule has 1 aromatic heterocycles. The fourth-order valence-corrected chi connectivity index (χ4v) is 4.90. The summed E-state index contributed by atoms with van der Waals surface area (Å²) in [5.74, 6) is 0.0753. The van der Waals surface area contributed by atoms with E-state index in [9.17, 15) is 30.7 Å². The third kappa shape index (κ3) is 6.67. The zero-order valence-corrected chi connectivity index (χ0v) is 19.8. The van der Waals surface area contributed by atoms with Gasteiger partial charge in [0.1, 0.15) is 18.0 Å². The molecule has 5 nitrogen and oxygen atoms in total. The maximum atomic E-state index is 13.6. The lowest BCUT2D eigenvalue weighted by Crippen LogP contribution is -2.36. The molecular formula is C25H25F7N4O. The molecule has 1 heterocycles. The molecule has 0 amide bonds. The number of ether oxygens (including phenoxy) is 1. The van der Waals surface area contributed by atoms with Crippen LogP contribution in [0.3, 0.4) is 0 Å². The van der Waals surface area contributed by atoms with Gasteiger partial charge in [-0.3, -0.25) is 10.00 Å². The lowest BCUT2D eigenvalue weighted by atomic mass is 9.91. The Morgan fingerprint density at radius 1 is 0.973 bits per heavy atom. The smallest absolute Gasteiger partial charge is 0.377 e. The Balaban J connectivity index is 1.50. The minimum absolute atomic E-state index is 0.0223. The molecule has 200 valence electrons. The lowest BCUT2D eigenvalue weighted by Gasteiger charge is -2.32. The summed E-state index contributed by atoms with van der Waals surface area (Å²) < 4.78 is 98.7. The molecule has 0 bridgehead atoms. The summed E-state index contributed by atoms with van der Waals surface area (Å²) in [6, 6.07) is 7.56. The zero-order chi connectivity index (χ0) is 26.8. The van der Waals surface area contributed by atoms with Crippen LogP contribution in [0.4, 0.5) is 30.7 Å². The fourth-order valence-electron chi connectivity index (χ4n) is 4.90. The van der Waals surface area contributed by atoms with Gasteiger partial charge in [0.25, 0.3) is 0 Å². The van der Waals surface area contributed by atoms with Crippen molar-refractivity contribution in [2.75, 3.05) is 13.7 Å². The van der Waals surface area contributed by atoms with Crippen molar-refractivity contribution in [2.24, 2.45) is 0 Å². The summed E-state index contributed by atoms with van der Waals surface area (Å²) in [5.41, 5.74) is -1.98. The molecule has 12 heteroatoms. The molecule has 1 aliphatic carbocycles. The van der Waals surface area contributed by atoms with Crippen LogP contribution in [0.25, 0.3) is 0 Å². The van der Waals surface area contributed by atoms with E-state index in [1.54, 1.807) is 12.1 Å². The van der Waals surface area contributed by atoms with Crippen LogP contribution < -0.4 is 0 Å². The lowest BCUT2D eigenvalue weighted by molar-refractivity contribution is -0.143. The number of halogens is 7.